The van der Waals surface area contributed by atoms with E-state index in [1.807, 2.05) is 6.92 Å². The highest BCUT2D eigenvalue weighted by atomic mass is 16.7. The Bertz CT molecular complexity index is 121. The van der Waals surface area contributed by atoms with Crippen molar-refractivity contribution < 1.29 is 9.63 Å². The highest BCUT2D eigenvalue weighted by Crippen LogP contribution is 2.02. The second-order valence-corrected chi connectivity index (χ2v) is 2.12. The quantitative estimate of drug-likeness (QED) is 0.577. The highest BCUT2D eigenvalue weighted by molar-refractivity contribution is 5.73. The van der Waals surface area contributed by atoms with Crippen LogP contribution in [0, 0.1) is 0 Å². The largest absolute Gasteiger partial charge is 0.341 e. The molecule has 0 atom stereocenters. The summed E-state index contributed by atoms with van der Waals surface area (Å²) in [5.74, 6) is 0. The van der Waals surface area contributed by atoms with Crippen LogP contribution < -0.4 is 5.32 Å². The Morgan fingerprint density at radius 3 is 3.10 bits per heavy atom. The number of rotatable bonds is 1. The minimum absolute atomic E-state index is 0.125. The molecule has 0 bridgehead atoms. The van der Waals surface area contributed by atoms with E-state index in [1.54, 1.807) is 0 Å². The summed E-state index contributed by atoms with van der Waals surface area (Å²) in [6.07, 6.45) is 0.942. The van der Waals surface area contributed by atoms with E-state index < -0.39 is 0 Å². The van der Waals surface area contributed by atoms with E-state index >= 15 is 0 Å². The maximum absolute atomic E-state index is 10.9. The van der Waals surface area contributed by atoms with Gasteiger partial charge in [-0.15, -0.1) is 0 Å². The van der Waals surface area contributed by atoms with Crippen molar-refractivity contribution in [3.05, 3.63) is 0 Å². The van der Waals surface area contributed by atoms with Crippen LogP contribution in [0.5, 0.6) is 0 Å². The Labute approximate surface area is 60.1 Å². The van der Waals surface area contributed by atoms with Crippen LogP contribution in [-0.4, -0.2) is 30.8 Å². The minimum Gasteiger partial charge on any atom is -0.336 e. The van der Waals surface area contributed by atoms with E-state index in [0.717, 1.165) is 6.42 Å². The molecule has 1 aliphatic heterocycles. The Kier molecular flexibility index (Phi) is 2.50. The number of nitrogens with zero attached hydrogens (tertiary/aromatic N) is 1. The molecule has 1 heterocycles. The molecular formula is C6H12N2O2. The number of hydrogen-bond donors (Lipinski definition) is 1. The Morgan fingerprint density at radius 1 is 1.80 bits per heavy atom. The summed E-state index contributed by atoms with van der Waals surface area (Å²) >= 11 is 0. The highest BCUT2D eigenvalue weighted by Gasteiger charge is 2.17. The average molecular weight is 144 g/mol. The summed E-state index contributed by atoms with van der Waals surface area (Å²) in [5.41, 5.74) is 0. The minimum atomic E-state index is -0.125. The summed E-state index contributed by atoms with van der Waals surface area (Å²) in [6.45, 7) is 3.91. The van der Waals surface area contributed by atoms with Gasteiger partial charge in [-0.1, -0.05) is 0 Å². The Morgan fingerprint density at radius 2 is 2.60 bits per heavy atom. The third kappa shape index (κ3) is 1.60. The van der Waals surface area contributed by atoms with Gasteiger partial charge < -0.3 is 5.32 Å². The number of carbonyl (C=O) groups is 1. The molecule has 1 fully saturated rings. The molecule has 0 spiro atoms. The van der Waals surface area contributed by atoms with Gasteiger partial charge in [-0.3, -0.25) is 4.84 Å². The lowest BCUT2D eigenvalue weighted by molar-refractivity contribution is -0.0660. The van der Waals surface area contributed by atoms with Crippen molar-refractivity contribution >= 4 is 6.03 Å². The van der Waals surface area contributed by atoms with Gasteiger partial charge in [0.2, 0.25) is 0 Å². The lowest BCUT2D eigenvalue weighted by Crippen LogP contribution is -2.36. The molecule has 0 aromatic rings. The molecule has 2 amide bonds. The van der Waals surface area contributed by atoms with Gasteiger partial charge in [0, 0.05) is 6.54 Å². The van der Waals surface area contributed by atoms with E-state index in [1.165, 1.54) is 5.06 Å². The zero-order valence-corrected chi connectivity index (χ0v) is 6.09. The first-order chi connectivity index (χ1) is 4.84. The summed E-state index contributed by atoms with van der Waals surface area (Å²) in [4.78, 5) is 15.9. The summed E-state index contributed by atoms with van der Waals surface area (Å²) < 4.78 is 0. The van der Waals surface area contributed by atoms with Crippen molar-refractivity contribution in [1.82, 2.24) is 10.4 Å². The molecule has 58 valence electrons. The first kappa shape index (κ1) is 7.34. The van der Waals surface area contributed by atoms with Gasteiger partial charge in [-0.05, 0) is 13.3 Å². The molecule has 1 rings (SSSR count). The third-order valence-electron chi connectivity index (χ3n) is 1.31. The maximum atomic E-state index is 10.9. The molecule has 0 radical (unpaired) electrons. The monoisotopic (exact) mass is 144 g/mol. The third-order valence-corrected chi connectivity index (χ3v) is 1.31. The number of nitrogens with one attached hydrogen (secondary N) is 1. The second kappa shape index (κ2) is 3.41. The van der Waals surface area contributed by atoms with Crippen molar-refractivity contribution in [3.8, 4) is 0 Å². The Hall–Kier alpha value is -0.770. The van der Waals surface area contributed by atoms with Gasteiger partial charge >= 0.3 is 6.03 Å². The molecule has 0 aromatic carbocycles. The predicted molar refractivity (Wildman–Crippen MR) is 36.3 cm³/mol. The van der Waals surface area contributed by atoms with Crippen LogP contribution in [0.25, 0.3) is 0 Å². The van der Waals surface area contributed by atoms with E-state index in [0.29, 0.717) is 19.7 Å². The van der Waals surface area contributed by atoms with Gasteiger partial charge in [0.15, 0.2) is 0 Å². The number of carbonyl (C=O) groups excluding carboxylic acids is 1. The zero-order valence-electron chi connectivity index (χ0n) is 6.09. The molecule has 10 heavy (non-hydrogen) atoms. The Balaban J connectivity index is 2.25. The standard InChI is InChI=1S/C6H12N2O2/c1-2-7-6(9)8-4-3-5-10-8/h2-5H2,1H3,(H,7,9). The number of hydrogen-bond acceptors (Lipinski definition) is 2. The summed E-state index contributed by atoms with van der Waals surface area (Å²) in [5, 5.41) is 4.01. The van der Waals surface area contributed by atoms with Gasteiger partial charge in [-0.25, -0.2) is 9.86 Å². The molecule has 1 saturated heterocycles. The average Bonchev–Trinajstić information content (AvgIpc) is 2.38. The predicted octanol–water partition coefficient (Wildman–Crippen LogP) is 0.353. The van der Waals surface area contributed by atoms with Crippen LogP contribution in [0.2, 0.25) is 0 Å². The van der Waals surface area contributed by atoms with Gasteiger partial charge in [0.1, 0.15) is 0 Å². The van der Waals surface area contributed by atoms with Crippen molar-refractivity contribution in [2.45, 2.75) is 13.3 Å². The van der Waals surface area contributed by atoms with E-state index in [-0.39, 0.29) is 6.03 Å². The van der Waals surface area contributed by atoms with Crippen LogP contribution in [0.3, 0.4) is 0 Å². The van der Waals surface area contributed by atoms with Crippen LogP contribution in [0.1, 0.15) is 13.3 Å². The zero-order chi connectivity index (χ0) is 7.40. The smallest absolute Gasteiger partial charge is 0.336 e. The molecular weight excluding hydrogens is 132 g/mol. The number of hydroxylamine groups is 2. The molecule has 0 saturated carbocycles. The summed E-state index contributed by atoms with van der Waals surface area (Å²) in [7, 11) is 0. The van der Waals surface area contributed by atoms with Crippen molar-refractivity contribution in [1.29, 1.82) is 0 Å². The normalized spacial score (nSPS) is 17.5. The topological polar surface area (TPSA) is 41.6 Å². The number of amides is 2. The molecule has 1 N–H and O–H groups in total. The fraction of sp³-hybridized carbons (Fsp3) is 0.833. The lowest BCUT2D eigenvalue weighted by atomic mass is 10.5. The fourth-order valence-corrected chi connectivity index (χ4v) is 0.847. The molecule has 0 aromatic heterocycles. The van der Waals surface area contributed by atoms with Crippen LogP contribution in [0.15, 0.2) is 0 Å². The second-order valence-electron chi connectivity index (χ2n) is 2.12. The van der Waals surface area contributed by atoms with E-state index in [9.17, 15) is 4.79 Å². The van der Waals surface area contributed by atoms with E-state index in [2.05, 4.69) is 5.32 Å². The molecule has 4 nitrogen and oxygen atoms in total. The van der Waals surface area contributed by atoms with Crippen LogP contribution in [-0.2, 0) is 4.84 Å². The van der Waals surface area contributed by atoms with Crippen LogP contribution in [0.4, 0.5) is 4.79 Å². The first-order valence-electron chi connectivity index (χ1n) is 3.53. The fourth-order valence-electron chi connectivity index (χ4n) is 0.847. The van der Waals surface area contributed by atoms with Gasteiger partial charge in [0.25, 0.3) is 0 Å². The molecule has 0 unspecified atom stereocenters. The first-order valence-corrected chi connectivity index (χ1v) is 3.53. The van der Waals surface area contributed by atoms with Gasteiger partial charge in [0.05, 0.1) is 13.2 Å². The van der Waals surface area contributed by atoms with Crippen molar-refractivity contribution in [2.24, 2.45) is 0 Å². The molecule has 0 aliphatic carbocycles. The molecule has 4 heteroatoms. The van der Waals surface area contributed by atoms with Gasteiger partial charge in [-0.2, -0.15) is 0 Å². The van der Waals surface area contributed by atoms with Crippen molar-refractivity contribution in [3.63, 3.8) is 0 Å². The van der Waals surface area contributed by atoms with E-state index in [4.69, 9.17) is 4.84 Å². The van der Waals surface area contributed by atoms with Crippen molar-refractivity contribution in [2.75, 3.05) is 19.7 Å². The van der Waals surface area contributed by atoms with Crippen LogP contribution >= 0.6 is 0 Å². The maximum Gasteiger partial charge on any atom is 0.341 e. The SMILES string of the molecule is CCNC(=O)N1CCCO1. The summed E-state index contributed by atoms with van der Waals surface area (Å²) in [6, 6.07) is -0.125. The number of urea groups is 1. The lowest BCUT2D eigenvalue weighted by Gasteiger charge is -2.13. The molecule has 1 aliphatic rings.